The van der Waals surface area contributed by atoms with Crippen LogP contribution in [-0.4, -0.2) is 19.1 Å². The summed E-state index contributed by atoms with van der Waals surface area (Å²) in [5.74, 6) is 1.23. The Kier molecular flexibility index (Phi) is 4.86. The maximum atomic E-state index is 12.2. The molecule has 0 atom stereocenters. The third kappa shape index (κ3) is 3.71. The Morgan fingerprint density at radius 2 is 1.81 bits per heavy atom. The number of carbonyl (C=O) groups excluding carboxylic acids is 1. The number of ether oxygens (including phenoxy) is 2. The maximum Gasteiger partial charge on any atom is 0.284 e. The molecule has 0 unspecified atom stereocenters. The van der Waals surface area contributed by atoms with Crippen molar-refractivity contribution in [2.75, 3.05) is 13.2 Å². The first kappa shape index (κ1) is 16.6. The molecular formula is C20H17NO4S. The van der Waals surface area contributed by atoms with Crippen molar-refractivity contribution in [1.82, 2.24) is 5.48 Å². The number of fused-ring (bicyclic) bond motifs is 1. The molecule has 0 fully saturated rings. The van der Waals surface area contributed by atoms with E-state index in [-0.39, 0.29) is 5.91 Å². The fourth-order valence-corrected chi connectivity index (χ4v) is 3.51. The highest BCUT2D eigenvalue weighted by molar-refractivity contribution is 7.17. The van der Waals surface area contributed by atoms with Crippen LogP contribution in [0.15, 0.2) is 60.7 Å². The topological polar surface area (TPSA) is 56.8 Å². The molecule has 5 nitrogen and oxygen atoms in total. The lowest BCUT2D eigenvalue weighted by atomic mass is 10.1. The third-order valence-electron chi connectivity index (χ3n) is 3.90. The molecule has 0 aliphatic carbocycles. The number of hydrogen-bond donors (Lipinski definition) is 1. The van der Waals surface area contributed by atoms with Gasteiger partial charge in [0, 0.05) is 4.88 Å². The lowest BCUT2D eigenvalue weighted by molar-refractivity contribution is 0.0237. The van der Waals surface area contributed by atoms with Crippen molar-refractivity contribution in [3.63, 3.8) is 0 Å². The average Bonchev–Trinajstić information content (AvgIpc) is 3.19. The number of hydrogen-bond acceptors (Lipinski definition) is 5. The number of hydroxylamine groups is 1. The predicted octanol–water partition coefficient (Wildman–Crippen LogP) is 4.05. The molecule has 1 amide bonds. The quantitative estimate of drug-likeness (QED) is 0.691. The molecule has 0 saturated carbocycles. The molecule has 3 aromatic rings. The van der Waals surface area contributed by atoms with E-state index in [4.69, 9.17) is 14.3 Å². The van der Waals surface area contributed by atoms with Crippen molar-refractivity contribution in [2.24, 2.45) is 0 Å². The van der Waals surface area contributed by atoms with Crippen LogP contribution in [0.2, 0.25) is 0 Å². The lowest BCUT2D eigenvalue weighted by Gasteiger charge is -2.18. The van der Waals surface area contributed by atoms with Gasteiger partial charge in [-0.15, -0.1) is 11.3 Å². The molecule has 0 radical (unpaired) electrons. The van der Waals surface area contributed by atoms with Crippen molar-refractivity contribution in [3.05, 3.63) is 71.1 Å². The van der Waals surface area contributed by atoms with E-state index < -0.39 is 0 Å². The SMILES string of the molecule is O=C(NOCc1ccccc1)c1ccc(-c2ccc3c(c2)OCCO3)s1. The van der Waals surface area contributed by atoms with E-state index in [1.54, 1.807) is 6.07 Å². The van der Waals surface area contributed by atoms with Gasteiger partial charge in [-0.1, -0.05) is 30.3 Å². The van der Waals surface area contributed by atoms with Gasteiger partial charge in [0.1, 0.15) is 13.2 Å². The maximum absolute atomic E-state index is 12.2. The van der Waals surface area contributed by atoms with Gasteiger partial charge < -0.3 is 9.47 Å². The second-order valence-corrected chi connectivity index (χ2v) is 6.81. The highest BCUT2D eigenvalue weighted by Crippen LogP contribution is 2.36. The predicted molar refractivity (Wildman–Crippen MR) is 99.4 cm³/mol. The molecule has 2 heterocycles. The van der Waals surface area contributed by atoms with Gasteiger partial charge in [0.2, 0.25) is 0 Å². The number of thiophene rings is 1. The molecule has 0 spiro atoms. The summed E-state index contributed by atoms with van der Waals surface area (Å²) in [5, 5.41) is 0. The van der Waals surface area contributed by atoms with Crippen LogP contribution < -0.4 is 15.0 Å². The smallest absolute Gasteiger partial charge is 0.284 e. The van der Waals surface area contributed by atoms with Crippen LogP contribution in [0.1, 0.15) is 15.2 Å². The molecule has 6 heteroatoms. The van der Waals surface area contributed by atoms with Gasteiger partial charge in [-0.3, -0.25) is 9.63 Å². The molecular weight excluding hydrogens is 350 g/mol. The van der Waals surface area contributed by atoms with E-state index in [1.165, 1.54) is 11.3 Å². The number of rotatable bonds is 5. The van der Waals surface area contributed by atoms with Crippen molar-refractivity contribution in [3.8, 4) is 21.9 Å². The van der Waals surface area contributed by atoms with Crippen LogP contribution in [-0.2, 0) is 11.4 Å². The molecule has 0 saturated heterocycles. The minimum Gasteiger partial charge on any atom is -0.486 e. The van der Waals surface area contributed by atoms with Gasteiger partial charge >= 0.3 is 0 Å². The normalized spacial score (nSPS) is 12.6. The number of nitrogens with one attached hydrogen (secondary N) is 1. The first-order valence-corrected chi connectivity index (χ1v) is 9.07. The Morgan fingerprint density at radius 3 is 2.65 bits per heavy atom. The molecule has 4 rings (SSSR count). The monoisotopic (exact) mass is 367 g/mol. The van der Waals surface area contributed by atoms with Crippen LogP contribution in [0.3, 0.4) is 0 Å². The van der Waals surface area contributed by atoms with Crippen LogP contribution in [0.25, 0.3) is 10.4 Å². The van der Waals surface area contributed by atoms with Crippen LogP contribution >= 0.6 is 11.3 Å². The standard InChI is InChI=1S/C20H17NO4S/c22-20(21-25-13-14-4-2-1-3-5-14)19-9-8-18(26-19)15-6-7-16-17(12-15)24-11-10-23-16/h1-9,12H,10-11,13H2,(H,21,22). The summed E-state index contributed by atoms with van der Waals surface area (Å²) in [6.07, 6.45) is 0. The van der Waals surface area contributed by atoms with Crippen molar-refractivity contribution in [2.45, 2.75) is 6.61 Å². The minimum atomic E-state index is -0.255. The number of amides is 1. The van der Waals surface area contributed by atoms with E-state index in [0.717, 1.165) is 27.5 Å². The van der Waals surface area contributed by atoms with Crippen molar-refractivity contribution in [1.29, 1.82) is 0 Å². The summed E-state index contributed by atoms with van der Waals surface area (Å²) in [6.45, 7) is 1.44. The lowest BCUT2D eigenvalue weighted by Crippen LogP contribution is -2.22. The summed E-state index contributed by atoms with van der Waals surface area (Å²) in [6, 6.07) is 19.2. The molecule has 0 bridgehead atoms. The van der Waals surface area contributed by atoms with E-state index in [9.17, 15) is 4.79 Å². The molecule has 2 aromatic carbocycles. The summed E-state index contributed by atoms with van der Waals surface area (Å²) < 4.78 is 11.2. The molecule has 1 aliphatic heterocycles. The van der Waals surface area contributed by atoms with Gasteiger partial charge in [0.05, 0.1) is 11.5 Å². The Morgan fingerprint density at radius 1 is 1.00 bits per heavy atom. The van der Waals surface area contributed by atoms with E-state index in [1.807, 2.05) is 54.6 Å². The zero-order valence-corrected chi connectivity index (χ0v) is 14.8. The van der Waals surface area contributed by atoms with Crippen LogP contribution in [0.5, 0.6) is 11.5 Å². The summed E-state index contributed by atoms with van der Waals surface area (Å²) in [7, 11) is 0. The Bertz CT molecular complexity index is 907. The molecule has 132 valence electrons. The van der Waals surface area contributed by atoms with Gasteiger partial charge in [-0.05, 0) is 41.5 Å². The number of carbonyl (C=O) groups is 1. The Labute approximate surface area is 155 Å². The average molecular weight is 367 g/mol. The van der Waals surface area contributed by atoms with E-state index >= 15 is 0 Å². The van der Waals surface area contributed by atoms with Gasteiger partial charge in [-0.2, -0.15) is 0 Å². The zero-order chi connectivity index (χ0) is 17.8. The molecule has 26 heavy (non-hydrogen) atoms. The van der Waals surface area contributed by atoms with Gasteiger partial charge in [0.25, 0.3) is 5.91 Å². The summed E-state index contributed by atoms with van der Waals surface area (Å²) in [5.41, 5.74) is 4.47. The summed E-state index contributed by atoms with van der Waals surface area (Å²) in [4.78, 5) is 19.1. The van der Waals surface area contributed by atoms with Gasteiger partial charge in [0.15, 0.2) is 11.5 Å². The summed E-state index contributed by atoms with van der Waals surface area (Å²) >= 11 is 1.40. The second kappa shape index (κ2) is 7.59. The molecule has 1 aromatic heterocycles. The second-order valence-electron chi connectivity index (χ2n) is 5.73. The van der Waals surface area contributed by atoms with Crippen LogP contribution in [0.4, 0.5) is 0 Å². The zero-order valence-electron chi connectivity index (χ0n) is 13.9. The number of benzene rings is 2. The third-order valence-corrected chi connectivity index (χ3v) is 5.04. The first-order chi connectivity index (χ1) is 12.8. The first-order valence-electron chi connectivity index (χ1n) is 8.25. The fraction of sp³-hybridized carbons (Fsp3) is 0.150. The Balaban J connectivity index is 1.40. The minimum absolute atomic E-state index is 0.255. The largest absolute Gasteiger partial charge is 0.486 e. The van der Waals surface area contributed by atoms with E-state index in [2.05, 4.69) is 5.48 Å². The van der Waals surface area contributed by atoms with Crippen molar-refractivity contribution >= 4 is 17.2 Å². The molecule has 1 N–H and O–H groups in total. The Hall–Kier alpha value is -2.83. The fourth-order valence-electron chi connectivity index (χ4n) is 2.62. The highest BCUT2D eigenvalue weighted by atomic mass is 32.1. The van der Waals surface area contributed by atoms with E-state index in [0.29, 0.717) is 24.7 Å². The van der Waals surface area contributed by atoms with Crippen LogP contribution in [0, 0.1) is 0 Å². The molecule has 1 aliphatic rings. The van der Waals surface area contributed by atoms with Gasteiger partial charge in [-0.25, -0.2) is 5.48 Å². The highest BCUT2D eigenvalue weighted by Gasteiger charge is 2.15. The van der Waals surface area contributed by atoms with Crippen molar-refractivity contribution < 1.29 is 19.1 Å².